The van der Waals surface area contributed by atoms with Crippen LogP contribution in [0.1, 0.15) is 49.5 Å². The maximum Gasteiger partial charge on any atom is 0.338 e. The Morgan fingerprint density at radius 3 is 2.71 bits per heavy atom. The molecule has 0 spiro atoms. The van der Waals surface area contributed by atoms with Crippen molar-refractivity contribution in [3.63, 3.8) is 0 Å². The summed E-state index contributed by atoms with van der Waals surface area (Å²) in [5, 5.41) is 0. The number of benzene rings is 1. The molecule has 132 valence electrons. The molecule has 0 amide bonds. The number of carbonyl (C=O) groups is 1. The molecular weight excluding hydrogens is 419 g/mol. The Balaban J connectivity index is 1.74. The first kappa shape index (κ1) is 18.1. The van der Waals surface area contributed by atoms with Crippen molar-refractivity contribution in [1.82, 2.24) is 0 Å². The van der Waals surface area contributed by atoms with E-state index in [1.165, 1.54) is 7.11 Å². The largest absolute Gasteiger partial charge is 0.465 e. The van der Waals surface area contributed by atoms with Crippen LogP contribution in [0.15, 0.2) is 24.3 Å². The monoisotopic (exact) mass is 444 g/mol. The molecular formula is C19H25IO4. The van der Waals surface area contributed by atoms with Crippen LogP contribution in [0.25, 0.3) is 0 Å². The molecule has 2 bridgehead atoms. The van der Waals surface area contributed by atoms with E-state index in [-0.39, 0.29) is 23.3 Å². The molecule has 0 aliphatic carbocycles. The Hall–Kier alpha value is -0.660. The van der Waals surface area contributed by atoms with Crippen LogP contribution >= 0.6 is 22.6 Å². The highest BCUT2D eigenvalue weighted by atomic mass is 127. The molecule has 2 aliphatic heterocycles. The quantitative estimate of drug-likeness (QED) is 0.389. The normalized spacial score (nSPS) is 34.8. The number of hydrogen-bond acceptors (Lipinski definition) is 4. The van der Waals surface area contributed by atoms with Gasteiger partial charge in [-0.3, -0.25) is 0 Å². The average molecular weight is 444 g/mol. The highest BCUT2D eigenvalue weighted by Crippen LogP contribution is 2.57. The van der Waals surface area contributed by atoms with Crippen LogP contribution < -0.4 is 0 Å². The lowest BCUT2D eigenvalue weighted by Crippen LogP contribution is -2.44. The molecule has 0 aromatic heterocycles. The van der Waals surface area contributed by atoms with Crippen molar-refractivity contribution in [3.8, 4) is 0 Å². The number of rotatable bonds is 5. The predicted molar refractivity (Wildman–Crippen MR) is 100 cm³/mol. The number of ether oxygens (including phenoxy) is 3. The zero-order chi connectivity index (χ0) is 17.5. The predicted octanol–water partition coefficient (Wildman–Crippen LogP) is 4.14. The van der Waals surface area contributed by atoms with Gasteiger partial charge in [-0.1, -0.05) is 54.6 Å². The fraction of sp³-hybridized carbons (Fsp3) is 0.632. The summed E-state index contributed by atoms with van der Waals surface area (Å²) >= 11 is 2.53. The van der Waals surface area contributed by atoms with Gasteiger partial charge < -0.3 is 14.2 Å². The van der Waals surface area contributed by atoms with Gasteiger partial charge in [0, 0.05) is 10.3 Å². The van der Waals surface area contributed by atoms with Gasteiger partial charge in [-0.05, 0) is 30.9 Å². The maximum absolute atomic E-state index is 11.9. The summed E-state index contributed by atoms with van der Waals surface area (Å²) in [5.41, 5.74) is 1.10. The van der Waals surface area contributed by atoms with Gasteiger partial charge >= 0.3 is 5.97 Å². The number of methoxy groups -OCH3 is 1. The summed E-state index contributed by atoms with van der Waals surface area (Å²) in [7, 11) is 1.40. The van der Waals surface area contributed by atoms with E-state index >= 15 is 0 Å². The van der Waals surface area contributed by atoms with E-state index < -0.39 is 0 Å². The van der Waals surface area contributed by atoms with Gasteiger partial charge in [0.1, 0.15) is 0 Å². The second-order valence-electron chi connectivity index (χ2n) is 7.35. The number of halogens is 1. The molecule has 2 heterocycles. The molecule has 4 atom stereocenters. The minimum atomic E-state index is -0.324. The van der Waals surface area contributed by atoms with Crippen molar-refractivity contribution >= 4 is 28.6 Å². The van der Waals surface area contributed by atoms with Crippen molar-refractivity contribution < 1.29 is 19.0 Å². The minimum Gasteiger partial charge on any atom is -0.465 e. The van der Waals surface area contributed by atoms with E-state index in [0.717, 1.165) is 18.4 Å². The molecule has 0 unspecified atom stereocenters. The van der Waals surface area contributed by atoms with Crippen LogP contribution in [0.3, 0.4) is 0 Å². The van der Waals surface area contributed by atoms with Gasteiger partial charge in [0.15, 0.2) is 0 Å². The molecule has 5 heteroatoms. The Morgan fingerprint density at radius 1 is 1.38 bits per heavy atom. The average Bonchev–Trinajstić information content (AvgIpc) is 3.00. The standard InChI is InChI=1S/C19H25IO4/c1-12(2)19-10-16(18(3,24-19)9-15(19)20)23-11-13-7-5-6-8-14(13)17(21)22-4/h5-8,12,15-16H,9-11H2,1-4H3/t15-,16+,18-,19+/m1/s1. The Labute approximate surface area is 157 Å². The van der Waals surface area contributed by atoms with Crippen molar-refractivity contribution in [3.05, 3.63) is 35.4 Å². The first-order valence-electron chi connectivity index (χ1n) is 8.44. The van der Waals surface area contributed by atoms with Crippen LogP contribution in [0.4, 0.5) is 0 Å². The topological polar surface area (TPSA) is 44.8 Å². The lowest BCUT2D eigenvalue weighted by molar-refractivity contribution is -0.0954. The maximum atomic E-state index is 11.9. The van der Waals surface area contributed by atoms with Gasteiger partial charge in [0.2, 0.25) is 0 Å². The molecule has 0 radical (unpaired) electrons. The summed E-state index contributed by atoms with van der Waals surface area (Å²) in [6.07, 6.45) is 1.97. The number of alkyl halides is 1. The molecule has 2 aliphatic rings. The van der Waals surface area contributed by atoms with Crippen molar-refractivity contribution in [2.24, 2.45) is 5.92 Å². The van der Waals surface area contributed by atoms with E-state index in [4.69, 9.17) is 14.2 Å². The first-order chi connectivity index (χ1) is 11.3. The van der Waals surface area contributed by atoms with Gasteiger partial charge in [-0.25, -0.2) is 4.79 Å². The molecule has 24 heavy (non-hydrogen) atoms. The smallest absolute Gasteiger partial charge is 0.338 e. The molecule has 1 aromatic rings. The summed E-state index contributed by atoms with van der Waals surface area (Å²) in [6, 6.07) is 7.45. The third-order valence-electron chi connectivity index (χ3n) is 5.56. The van der Waals surface area contributed by atoms with Crippen molar-refractivity contribution in [1.29, 1.82) is 0 Å². The van der Waals surface area contributed by atoms with Gasteiger partial charge in [0.05, 0.1) is 36.6 Å². The lowest BCUT2D eigenvalue weighted by atomic mass is 9.75. The second kappa shape index (κ2) is 6.57. The summed E-state index contributed by atoms with van der Waals surface area (Å²) in [4.78, 5) is 11.9. The van der Waals surface area contributed by atoms with E-state index in [2.05, 4.69) is 43.4 Å². The van der Waals surface area contributed by atoms with Crippen LogP contribution in [-0.4, -0.2) is 34.3 Å². The molecule has 0 N–H and O–H groups in total. The summed E-state index contributed by atoms with van der Waals surface area (Å²) < 4.78 is 18.1. The molecule has 2 fully saturated rings. The molecule has 3 rings (SSSR count). The summed E-state index contributed by atoms with van der Waals surface area (Å²) in [5.74, 6) is 0.132. The van der Waals surface area contributed by atoms with E-state index in [1.807, 2.05) is 18.2 Å². The Morgan fingerprint density at radius 2 is 2.08 bits per heavy atom. The van der Waals surface area contributed by atoms with Crippen LogP contribution in [0.5, 0.6) is 0 Å². The van der Waals surface area contributed by atoms with E-state index in [0.29, 0.717) is 22.0 Å². The first-order valence-corrected chi connectivity index (χ1v) is 9.69. The zero-order valence-electron chi connectivity index (χ0n) is 14.7. The number of fused-ring (bicyclic) bond motifs is 2. The molecule has 4 nitrogen and oxygen atoms in total. The van der Waals surface area contributed by atoms with E-state index in [1.54, 1.807) is 6.07 Å². The molecule has 1 aromatic carbocycles. The highest BCUT2D eigenvalue weighted by Gasteiger charge is 2.65. The number of carbonyl (C=O) groups excluding carboxylic acids is 1. The van der Waals surface area contributed by atoms with Crippen molar-refractivity contribution in [2.75, 3.05) is 7.11 Å². The van der Waals surface area contributed by atoms with E-state index in [9.17, 15) is 4.79 Å². The molecule has 2 saturated heterocycles. The number of esters is 1. The zero-order valence-corrected chi connectivity index (χ0v) is 16.8. The van der Waals surface area contributed by atoms with Gasteiger partial charge in [-0.15, -0.1) is 0 Å². The Kier molecular flexibility index (Phi) is 4.97. The third-order valence-corrected chi connectivity index (χ3v) is 7.06. The SMILES string of the molecule is COC(=O)c1ccccc1CO[C@H]1C[C@@]2(C(C)C)O[C@]1(C)C[C@H]2I. The van der Waals surface area contributed by atoms with Gasteiger partial charge in [-0.2, -0.15) is 0 Å². The summed E-state index contributed by atoms with van der Waals surface area (Å²) in [6.45, 7) is 7.01. The highest BCUT2D eigenvalue weighted by molar-refractivity contribution is 14.1. The van der Waals surface area contributed by atoms with Crippen molar-refractivity contribution in [2.45, 2.75) is 61.5 Å². The van der Waals surface area contributed by atoms with Gasteiger partial charge in [0.25, 0.3) is 0 Å². The minimum absolute atomic E-state index is 0.0524. The number of hydrogen-bond donors (Lipinski definition) is 0. The Bertz CT molecular complexity index is 632. The fourth-order valence-corrected chi connectivity index (χ4v) is 6.01. The fourth-order valence-electron chi connectivity index (χ4n) is 4.04. The van der Waals surface area contributed by atoms with Crippen LogP contribution in [-0.2, 0) is 20.8 Å². The second-order valence-corrected chi connectivity index (χ2v) is 8.85. The lowest BCUT2D eigenvalue weighted by Gasteiger charge is -2.35. The van der Waals surface area contributed by atoms with Crippen LogP contribution in [0, 0.1) is 5.92 Å². The third kappa shape index (κ3) is 2.88. The van der Waals surface area contributed by atoms with Crippen LogP contribution in [0.2, 0.25) is 0 Å². The molecule has 0 saturated carbocycles.